The van der Waals surface area contributed by atoms with Gasteiger partial charge in [0, 0.05) is 37.6 Å². The number of morpholine rings is 1. The van der Waals surface area contributed by atoms with E-state index in [1.54, 1.807) is 0 Å². The SMILES string of the molecule is CCCc1ccc(CN2CCO[C@@](COc3cc(C)c(Cl)c(C)c3)(CC(=O)N3CCC(O)CC3)C2)o1. The molecule has 198 valence electrons. The first-order valence-corrected chi connectivity index (χ1v) is 13.4. The number of rotatable bonds is 9. The zero-order chi connectivity index (χ0) is 25.7. The normalized spacial score (nSPS) is 21.6. The minimum Gasteiger partial charge on any atom is -0.490 e. The van der Waals surface area contributed by atoms with E-state index in [0.717, 1.165) is 52.8 Å². The van der Waals surface area contributed by atoms with Crippen molar-refractivity contribution in [2.75, 3.05) is 39.4 Å². The fraction of sp³-hybridized carbons (Fsp3) is 0.607. The smallest absolute Gasteiger partial charge is 0.225 e. The highest BCUT2D eigenvalue weighted by molar-refractivity contribution is 6.32. The number of ether oxygens (including phenoxy) is 2. The number of amides is 1. The molecule has 2 aromatic rings. The molecule has 2 aliphatic heterocycles. The summed E-state index contributed by atoms with van der Waals surface area (Å²) >= 11 is 6.34. The predicted molar refractivity (Wildman–Crippen MR) is 140 cm³/mol. The van der Waals surface area contributed by atoms with Crippen LogP contribution in [0.4, 0.5) is 0 Å². The van der Waals surface area contributed by atoms with Gasteiger partial charge in [-0.05, 0) is 68.5 Å². The summed E-state index contributed by atoms with van der Waals surface area (Å²) in [5.41, 5.74) is 1.12. The van der Waals surface area contributed by atoms with Crippen molar-refractivity contribution in [1.82, 2.24) is 9.80 Å². The molecule has 7 nitrogen and oxygen atoms in total. The van der Waals surface area contributed by atoms with E-state index < -0.39 is 5.60 Å². The molecule has 2 saturated heterocycles. The van der Waals surface area contributed by atoms with Crippen LogP contribution in [0, 0.1) is 13.8 Å². The third kappa shape index (κ3) is 6.82. The van der Waals surface area contributed by atoms with Crippen LogP contribution < -0.4 is 4.74 Å². The summed E-state index contributed by atoms with van der Waals surface area (Å²) < 4.78 is 18.6. The molecule has 0 spiro atoms. The van der Waals surface area contributed by atoms with Gasteiger partial charge in [0.1, 0.15) is 29.5 Å². The number of nitrogens with zero attached hydrogens (tertiary/aromatic N) is 2. The van der Waals surface area contributed by atoms with E-state index in [-0.39, 0.29) is 25.0 Å². The Morgan fingerprint density at radius 2 is 1.86 bits per heavy atom. The van der Waals surface area contributed by atoms with Crippen LogP contribution in [0.2, 0.25) is 5.02 Å². The summed E-state index contributed by atoms with van der Waals surface area (Å²) in [4.78, 5) is 17.5. The number of halogens is 1. The van der Waals surface area contributed by atoms with Crippen LogP contribution in [0.5, 0.6) is 5.75 Å². The minimum atomic E-state index is -0.786. The summed E-state index contributed by atoms with van der Waals surface area (Å²) in [6.45, 7) is 9.95. The van der Waals surface area contributed by atoms with Gasteiger partial charge in [0.25, 0.3) is 0 Å². The first-order chi connectivity index (χ1) is 17.3. The summed E-state index contributed by atoms with van der Waals surface area (Å²) in [6, 6.07) is 7.95. The molecule has 8 heteroatoms. The zero-order valence-electron chi connectivity index (χ0n) is 21.7. The highest BCUT2D eigenvalue weighted by Gasteiger charge is 2.41. The Hall–Kier alpha value is -2.06. The molecular weight excluding hydrogens is 480 g/mol. The second-order valence-corrected chi connectivity index (χ2v) is 10.7. The van der Waals surface area contributed by atoms with Crippen LogP contribution >= 0.6 is 11.6 Å². The third-order valence-corrected chi connectivity index (χ3v) is 7.72. The first-order valence-electron chi connectivity index (χ1n) is 13.1. The lowest BCUT2D eigenvalue weighted by Gasteiger charge is -2.43. The fourth-order valence-electron chi connectivity index (χ4n) is 5.12. The number of aryl methyl sites for hydroxylation is 3. The molecule has 0 aliphatic carbocycles. The highest BCUT2D eigenvalue weighted by Crippen LogP contribution is 2.30. The van der Waals surface area contributed by atoms with Gasteiger partial charge in [-0.3, -0.25) is 9.69 Å². The number of aliphatic hydroxyl groups excluding tert-OH is 1. The van der Waals surface area contributed by atoms with Crippen LogP contribution in [0.3, 0.4) is 0 Å². The minimum absolute atomic E-state index is 0.0408. The van der Waals surface area contributed by atoms with Gasteiger partial charge in [-0.2, -0.15) is 0 Å². The molecule has 1 aromatic heterocycles. The Morgan fingerprint density at radius 1 is 1.17 bits per heavy atom. The van der Waals surface area contributed by atoms with Crippen molar-refractivity contribution in [2.45, 2.75) is 71.1 Å². The van der Waals surface area contributed by atoms with Gasteiger partial charge >= 0.3 is 0 Å². The van der Waals surface area contributed by atoms with Gasteiger partial charge in [-0.25, -0.2) is 0 Å². The van der Waals surface area contributed by atoms with Crippen molar-refractivity contribution in [1.29, 1.82) is 0 Å². The molecule has 0 saturated carbocycles. The zero-order valence-corrected chi connectivity index (χ0v) is 22.5. The summed E-state index contributed by atoms with van der Waals surface area (Å²) in [5.74, 6) is 2.69. The Kier molecular flexibility index (Phi) is 8.99. The van der Waals surface area contributed by atoms with Crippen molar-refractivity contribution in [3.8, 4) is 5.75 Å². The first kappa shape index (κ1) is 27.0. The van der Waals surface area contributed by atoms with Gasteiger partial charge in [-0.1, -0.05) is 18.5 Å². The summed E-state index contributed by atoms with van der Waals surface area (Å²) in [6.07, 6.45) is 3.11. The number of hydrogen-bond donors (Lipinski definition) is 1. The molecule has 1 atom stereocenters. The monoisotopic (exact) mass is 518 g/mol. The molecule has 4 rings (SSSR count). The number of piperidine rings is 1. The number of aliphatic hydroxyl groups is 1. The van der Waals surface area contributed by atoms with E-state index in [1.165, 1.54) is 0 Å². The maximum Gasteiger partial charge on any atom is 0.225 e. The number of likely N-dealkylation sites (tertiary alicyclic amines) is 1. The molecule has 0 bridgehead atoms. The molecule has 0 radical (unpaired) electrons. The van der Waals surface area contributed by atoms with Crippen molar-refractivity contribution >= 4 is 17.5 Å². The standard InChI is InChI=1S/C28H39ClN2O5/c1-4-5-23-6-7-24(36-23)17-30-12-13-35-28(18-30,16-26(33)31-10-8-22(32)9-11-31)19-34-25-14-20(2)27(29)21(3)15-25/h6-7,14-15,22,32H,4-5,8-13,16-19H2,1-3H3/t28-/m0/s1. The Labute approximate surface area is 219 Å². The number of benzene rings is 1. The van der Waals surface area contributed by atoms with E-state index in [0.29, 0.717) is 45.6 Å². The lowest BCUT2D eigenvalue weighted by Crippen LogP contribution is -2.57. The Bertz CT molecular complexity index is 1010. The number of carbonyl (C=O) groups is 1. The molecule has 1 N–H and O–H groups in total. The maximum atomic E-state index is 13.3. The average Bonchev–Trinajstić information content (AvgIpc) is 3.28. The summed E-state index contributed by atoms with van der Waals surface area (Å²) in [5, 5.41) is 10.6. The maximum absolute atomic E-state index is 13.3. The molecule has 3 heterocycles. The van der Waals surface area contributed by atoms with Gasteiger partial charge in [0.15, 0.2) is 0 Å². The van der Waals surface area contributed by atoms with Crippen LogP contribution in [0.15, 0.2) is 28.7 Å². The van der Waals surface area contributed by atoms with E-state index in [1.807, 2.05) is 36.9 Å². The molecule has 2 aliphatic rings. The molecular formula is C28H39ClN2O5. The Morgan fingerprint density at radius 3 is 2.56 bits per heavy atom. The van der Waals surface area contributed by atoms with Gasteiger partial charge in [0.2, 0.25) is 5.91 Å². The average molecular weight is 519 g/mol. The largest absolute Gasteiger partial charge is 0.490 e. The van der Waals surface area contributed by atoms with E-state index in [2.05, 4.69) is 17.9 Å². The van der Waals surface area contributed by atoms with Crippen LogP contribution in [0.25, 0.3) is 0 Å². The molecule has 2 fully saturated rings. The van der Waals surface area contributed by atoms with Crippen molar-refractivity contribution in [2.24, 2.45) is 0 Å². The second-order valence-electron chi connectivity index (χ2n) is 10.3. The third-order valence-electron chi connectivity index (χ3n) is 7.12. The molecule has 36 heavy (non-hydrogen) atoms. The number of carbonyl (C=O) groups excluding carboxylic acids is 1. The number of furan rings is 1. The van der Waals surface area contributed by atoms with Gasteiger partial charge in [0.05, 0.1) is 25.7 Å². The van der Waals surface area contributed by atoms with E-state index in [4.69, 9.17) is 25.5 Å². The van der Waals surface area contributed by atoms with E-state index in [9.17, 15) is 9.90 Å². The van der Waals surface area contributed by atoms with Crippen molar-refractivity contribution in [3.63, 3.8) is 0 Å². The van der Waals surface area contributed by atoms with Crippen molar-refractivity contribution < 1.29 is 23.8 Å². The van der Waals surface area contributed by atoms with Crippen molar-refractivity contribution in [3.05, 3.63) is 51.9 Å². The topological polar surface area (TPSA) is 75.4 Å². The Balaban J connectivity index is 1.49. The lowest BCUT2D eigenvalue weighted by atomic mass is 9.95. The van der Waals surface area contributed by atoms with Crippen LogP contribution in [-0.2, 0) is 22.5 Å². The quantitative estimate of drug-likeness (QED) is 0.526. The summed E-state index contributed by atoms with van der Waals surface area (Å²) in [7, 11) is 0. The fourth-order valence-corrected chi connectivity index (χ4v) is 5.23. The van der Waals surface area contributed by atoms with Crippen LogP contribution in [-0.4, -0.2) is 71.9 Å². The van der Waals surface area contributed by atoms with Crippen LogP contribution in [0.1, 0.15) is 55.3 Å². The molecule has 1 aromatic carbocycles. The second kappa shape index (κ2) is 12.0. The number of hydrogen-bond acceptors (Lipinski definition) is 6. The molecule has 0 unspecified atom stereocenters. The molecule has 1 amide bonds. The van der Waals surface area contributed by atoms with Gasteiger partial charge in [-0.15, -0.1) is 0 Å². The lowest BCUT2D eigenvalue weighted by molar-refractivity contribution is -0.158. The highest BCUT2D eigenvalue weighted by atomic mass is 35.5. The van der Waals surface area contributed by atoms with E-state index >= 15 is 0 Å². The predicted octanol–water partition coefficient (Wildman–Crippen LogP) is 4.53. The van der Waals surface area contributed by atoms with Gasteiger partial charge < -0.3 is 23.9 Å².